The van der Waals surface area contributed by atoms with Crippen LogP contribution in [0.2, 0.25) is 0 Å². The van der Waals surface area contributed by atoms with Crippen molar-refractivity contribution in [2.24, 2.45) is 16.5 Å². The van der Waals surface area contributed by atoms with E-state index in [0.717, 1.165) is 33.8 Å². The number of allylic oxidation sites excluding steroid dienone is 1. The summed E-state index contributed by atoms with van der Waals surface area (Å²) in [4.78, 5) is 46.1. The number of fused-ring (bicyclic) bond motifs is 2. The predicted molar refractivity (Wildman–Crippen MR) is 154 cm³/mol. The summed E-state index contributed by atoms with van der Waals surface area (Å²) in [5.74, 6) is -1.07. The second kappa shape index (κ2) is 12.5. The van der Waals surface area contributed by atoms with Gasteiger partial charge >= 0.3 is 0 Å². The Balaban J connectivity index is 1.68. The Bertz CT molecular complexity index is 1420. The van der Waals surface area contributed by atoms with Gasteiger partial charge in [0.05, 0.1) is 0 Å². The number of carbonyl (C=O) groups excluding carboxylic acids is 3. The fourth-order valence-corrected chi connectivity index (χ4v) is 4.90. The van der Waals surface area contributed by atoms with E-state index in [1.54, 1.807) is 0 Å². The van der Waals surface area contributed by atoms with Crippen LogP contribution in [0.4, 0.5) is 0 Å². The summed E-state index contributed by atoms with van der Waals surface area (Å²) in [5, 5.41) is 10.8. The Morgan fingerprint density at radius 2 is 1.69 bits per heavy atom. The molecule has 4 rings (SSSR count). The topological polar surface area (TPSA) is 167 Å². The van der Waals surface area contributed by atoms with Gasteiger partial charge in [0.15, 0.2) is 5.96 Å². The van der Waals surface area contributed by atoms with Crippen LogP contribution >= 0.6 is 0 Å². The van der Waals surface area contributed by atoms with Crippen molar-refractivity contribution in [1.29, 1.82) is 0 Å². The molecule has 39 heavy (non-hydrogen) atoms. The smallest absolute Gasteiger partial charge is 0.243 e. The van der Waals surface area contributed by atoms with Gasteiger partial charge in [-0.15, -0.1) is 0 Å². The summed E-state index contributed by atoms with van der Waals surface area (Å²) in [6.45, 7) is 3.63. The standard InChI is InChI=1S/C29H37N7O3/c1-17-6-3-4-7-19-9-11-23-21(14-19)22-15-20(10-12-24(22)35-23)16-26(34-18(2)37)28(39)36-25(27(38)33-17)8-5-13-32-29(30)31/h3-4,9-12,14-15,17,25-26,35H,5-8,13,16H2,1-2H3,(H,33,38)(H,34,37)(H,36,39)(H4,30,31,32)/t17-,25-,26?/m1/s1. The van der Waals surface area contributed by atoms with E-state index < -0.39 is 18.0 Å². The molecule has 1 aliphatic rings. The Labute approximate surface area is 227 Å². The molecule has 1 unspecified atom stereocenters. The fraction of sp³-hybridized carbons (Fsp3) is 0.379. The summed E-state index contributed by atoms with van der Waals surface area (Å²) in [6, 6.07) is 10.6. The van der Waals surface area contributed by atoms with Crippen molar-refractivity contribution in [3.05, 3.63) is 59.7 Å². The molecule has 0 radical (unpaired) electrons. The highest BCUT2D eigenvalue weighted by atomic mass is 16.2. The van der Waals surface area contributed by atoms with Crippen LogP contribution in [0, 0.1) is 0 Å². The van der Waals surface area contributed by atoms with Gasteiger partial charge in [-0.2, -0.15) is 0 Å². The van der Waals surface area contributed by atoms with E-state index in [1.165, 1.54) is 12.5 Å². The normalized spacial score (nSPS) is 20.5. The van der Waals surface area contributed by atoms with Crippen LogP contribution in [-0.2, 0) is 27.2 Å². The summed E-state index contributed by atoms with van der Waals surface area (Å²) in [7, 11) is 0. The molecule has 10 nitrogen and oxygen atoms in total. The zero-order valence-corrected chi connectivity index (χ0v) is 22.4. The first kappa shape index (κ1) is 27.7. The molecular weight excluding hydrogens is 494 g/mol. The molecule has 4 bridgehead atoms. The number of amides is 3. The number of aromatic nitrogens is 1. The van der Waals surface area contributed by atoms with Crippen molar-refractivity contribution in [3.63, 3.8) is 0 Å². The number of nitrogens with one attached hydrogen (secondary N) is 4. The molecule has 2 aromatic carbocycles. The fourth-order valence-electron chi connectivity index (χ4n) is 4.90. The highest BCUT2D eigenvalue weighted by Gasteiger charge is 2.27. The molecule has 3 atom stereocenters. The van der Waals surface area contributed by atoms with Crippen LogP contribution in [0.25, 0.3) is 21.8 Å². The Morgan fingerprint density at radius 1 is 1.00 bits per heavy atom. The molecule has 1 aromatic heterocycles. The number of nitrogens with two attached hydrogens (primary N) is 2. The number of rotatable bonds is 5. The lowest BCUT2D eigenvalue weighted by Gasteiger charge is -2.24. The second-order valence-electron chi connectivity index (χ2n) is 10.2. The highest BCUT2D eigenvalue weighted by Crippen LogP contribution is 2.28. The number of nitrogens with zero attached hydrogens (tertiary/aromatic N) is 1. The van der Waals surface area contributed by atoms with Gasteiger partial charge in [-0.25, -0.2) is 0 Å². The van der Waals surface area contributed by atoms with Gasteiger partial charge < -0.3 is 32.4 Å². The minimum atomic E-state index is -0.854. The Kier molecular flexibility index (Phi) is 8.85. The zero-order chi connectivity index (χ0) is 27.9. The number of carbonyl (C=O) groups is 3. The minimum Gasteiger partial charge on any atom is -0.370 e. The van der Waals surface area contributed by atoms with Gasteiger partial charge in [-0.05, 0) is 68.0 Å². The minimum absolute atomic E-state index is 0.0258. The third kappa shape index (κ3) is 7.37. The lowest BCUT2D eigenvalue weighted by Crippen LogP contribution is -2.55. The predicted octanol–water partition coefficient (Wildman–Crippen LogP) is 1.91. The van der Waals surface area contributed by atoms with Crippen molar-refractivity contribution < 1.29 is 14.4 Å². The number of H-pyrrole nitrogens is 1. The van der Waals surface area contributed by atoms with Crippen LogP contribution in [0.15, 0.2) is 53.5 Å². The van der Waals surface area contributed by atoms with Crippen LogP contribution in [0.5, 0.6) is 0 Å². The molecule has 0 spiro atoms. The van der Waals surface area contributed by atoms with E-state index in [1.807, 2.05) is 19.1 Å². The average Bonchev–Trinajstić information content (AvgIpc) is 3.24. The number of hydrogen-bond donors (Lipinski definition) is 6. The molecule has 10 heteroatoms. The van der Waals surface area contributed by atoms with Gasteiger partial charge in [0.25, 0.3) is 0 Å². The quantitative estimate of drug-likeness (QED) is 0.128. The molecule has 3 amide bonds. The van der Waals surface area contributed by atoms with Crippen LogP contribution in [-0.4, -0.2) is 53.3 Å². The molecule has 206 valence electrons. The third-order valence-electron chi connectivity index (χ3n) is 6.84. The first-order valence-corrected chi connectivity index (χ1v) is 13.3. The first-order valence-electron chi connectivity index (χ1n) is 13.3. The molecule has 0 saturated carbocycles. The largest absolute Gasteiger partial charge is 0.370 e. The van der Waals surface area contributed by atoms with Gasteiger partial charge in [0, 0.05) is 47.7 Å². The maximum atomic E-state index is 13.4. The molecule has 1 aliphatic heterocycles. The number of guanidine groups is 1. The van der Waals surface area contributed by atoms with E-state index in [0.29, 0.717) is 25.8 Å². The van der Waals surface area contributed by atoms with Crippen LogP contribution in [0.1, 0.15) is 44.2 Å². The molecule has 3 aromatic rings. The van der Waals surface area contributed by atoms with Crippen molar-refractivity contribution in [1.82, 2.24) is 20.9 Å². The molecule has 8 N–H and O–H groups in total. The number of aliphatic imine (C=N–C) groups is 1. The Morgan fingerprint density at radius 3 is 2.38 bits per heavy atom. The molecule has 0 fully saturated rings. The van der Waals surface area contributed by atoms with E-state index >= 15 is 0 Å². The lowest BCUT2D eigenvalue weighted by molar-refractivity contribution is -0.132. The monoisotopic (exact) mass is 531 g/mol. The maximum absolute atomic E-state index is 13.4. The van der Waals surface area contributed by atoms with Gasteiger partial charge in [0.1, 0.15) is 12.1 Å². The average molecular weight is 532 g/mol. The number of aromatic amines is 1. The lowest BCUT2D eigenvalue weighted by atomic mass is 10.0. The maximum Gasteiger partial charge on any atom is 0.243 e. The molecule has 0 saturated heterocycles. The summed E-state index contributed by atoms with van der Waals surface area (Å²) in [5.41, 5.74) is 15.0. The number of benzene rings is 2. The zero-order valence-electron chi connectivity index (χ0n) is 22.4. The van der Waals surface area contributed by atoms with Crippen LogP contribution in [0.3, 0.4) is 0 Å². The summed E-state index contributed by atoms with van der Waals surface area (Å²) in [6.07, 6.45) is 6.70. The van der Waals surface area contributed by atoms with Crippen molar-refractivity contribution in [3.8, 4) is 0 Å². The van der Waals surface area contributed by atoms with E-state index in [4.69, 9.17) is 11.5 Å². The van der Waals surface area contributed by atoms with Crippen molar-refractivity contribution in [2.45, 2.75) is 64.1 Å². The van der Waals surface area contributed by atoms with Crippen molar-refractivity contribution in [2.75, 3.05) is 6.54 Å². The van der Waals surface area contributed by atoms with Crippen LogP contribution < -0.4 is 27.4 Å². The first-order chi connectivity index (χ1) is 18.7. The van der Waals surface area contributed by atoms with Gasteiger partial charge in [0.2, 0.25) is 17.7 Å². The summed E-state index contributed by atoms with van der Waals surface area (Å²) >= 11 is 0. The Hall–Kier alpha value is -4.34. The number of hydrogen-bond acceptors (Lipinski definition) is 4. The molecular formula is C29H37N7O3. The highest BCUT2D eigenvalue weighted by molar-refractivity contribution is 6.07. The van der Waals surface area contributed by atoms with Crippen molar-refractivity contribution >= 4 is 45.5 Å². The van der Waals surface area contributed by atoms with E-state index in [-0.39, 0.29) is 30.2 Å². The molecule has 0 aliphatic carbocycles. The second-order valence-corrected chi connectivity index (χ2v) is 10.2. The van der Waals surface area contributed by atoms with E-state index in [9.17, 15) is 14.4 Å². The van der Waals surface area contributed by atoms with E-state index in [2.05, 4.69) is 62.3 Å². The molecule has 2 heterocycles. The SMILES string of the molecule is CC(=O)NC1Cc2ccc3[nH]c4ccc(cc4c3c2)CC=CC[C@@H](C)NC(=O)[C@@H](CCCN=C(N)N)NC1=O. The third-order valence-corrected chi connectivity index (χ3v) is 6.84. The van der Waals surface area contributed by atoms with Gasteiger partial charge in [-0.1, -0.05) is 24.3 Å². The van der Waals surface area contributed by atoms with Gasteiger partial charge in [-0.3, -0.25) is 19.4 Å². The summed E-state index contributed by atoms with van der Waals surface area (Å²) < 4.78 is 0.